The summed E-state index contributed by atoms with van der Waals surface area (Å²) in [4.78, 5) is 10.5. The van der Waals surface area contributed by atoms with Gasteiger partial charge in [-0.05, 0) is 16.7 Å². The maximum Gasteiger partial charge on any atom is 0.150 e. The van der Waals surface area contributed by atoms with Crippen LogP contribution < -0.4 is 0 Å². The molecule has 0 spiro atoms. The van der Waals surface area contributed by atoms with Crippen molar-refractivity contribution in [3.63, 3.8) is 0 Å². The van der Waals surface area contributed by atoms with Crippen LogP contribution in [0.1, 0.15) is 15.9 Å². The molecule has 0 amide bonds. The number of alkyl halides is 1. The summed E-state index contributed by atoms with van der Waals surface area (Å²) in [5.74, 6) is 0. The molecule has 80 valence electrons. The van der Waals surface area contributed by atoms with Crippen LogP contribution in [0.5, 0.6) is 0 Å². The van der Waals surface area contributed by atoms with Crippen LogP contribution in [0.2, 0.25) is 0 Å². The summed E-state index contributed by atoms with van der Waals surface area (Å²) < 4.78 is 12.3. The van der Waals surface area contributed by atoms with Crippen LogP contribution in [0.3, 0.4) is 0 Å². The second kappa shape index (κ2) is 4.71. The van der Waals surface area contributed by atoms with Crippen LogP contribution in [-0.2, 0) is 6.67 Å². The van der Waals surface area contributed by atoms with E-state index in [1.165, 1.54) is 0 Å². The molecule has 0 N–H and O–H groups in total. The Morgan fingerprint density at radius 1 is 0.875 bits per heavy atom. The molecule has 2 rings (SSSR count). The monoisotopic (exact) mass is 214 g/mol. The predicted molar refractivity (Wildman–Crippen MR) is 62.1 cm³/mol. The van der Waals surface area contributed by atoms with E-state index < -0.39 is 6.67 Å². The van der Waals surface area contributed by atoms with Crippen LogP contribution >= 0.6 is 0 Å². The van der Waals surface area contributed by atoms with Gasteiger partial charge in [0.1, 0.15) is 13.0 Å². The van der Waals surface area contributed by atoms with Crippen LogP contribution in [0.25, 0.3) is 11.1 Å². The van der Waals surface area contributed by atoms with E-state index >= 15 is 0 Å². The Morgan fingerprint density at radius 2 is 1.38 bits per heavy atom. The summed E-state index contributed by atoms with van der Waals surface area (Å²) in [6.45, 7) is -0.440. The molecule has 0 aliphatic rings. The van der Waals surface area contributed by atoms with Gasteiger partial charge in [0.2, 0.25) is 0 Å². The largest absolute Gasteiger partial charge is 0.298 e. The Kier molecular flexibility index (Phi) is 3.10. The van der Waals surface area contributed by atoms with Crippen molar-refractivity contribution in [1.82, 2.24) is 0 Å². The van der Waals surface area contributed by atoms with Gasteiger partial charge in [-0.3, -0.25) is 4.79 Å². The zero-order chi connectivity index (χ0) is 11.4. The molecule has 0 unspecified atom stereocenters. The van der Waals surface area contributed by atoms with Crippen LogP contribution in [0, 0.1) is 0 Å². The topological polar surface area (TPSA) is 17.1 Å². The molecule has 0 atom stereocenters. The highest BCUT2D eigenvalue weighted by Crippen LogP contribution is 2.20. The molecule has 2 aromatic rings. The number of benzene rings is 2. The number of aldehydes is 1. The maximum absolute atomic E-state index is 12.3. The third-order valence-corrected chi connectivity index (χ3v) is 2.49. The molecule has 0 radical (unpaired) electrons. The van der Waals surface area contributed by atoms with Crippen LogP contribution in [0.15, 0.2) is 48.5 Å². The van der Waals surface area contributed by atoms with Crippen molar-refractivity contribution in [1.29, 1.82) is 0 Å². The van der Waals surface area contributed by atoms with E-state index in [-0.39, 0.29) is 0 Å². The van der Waals surface area contributed by atoms with E-state index in [0.29, 0.717) is 11.1 Å². The summed E-state index contributed by atoms with van der Waals surface area (Å²) >= 11 is 0. The smallest absolute Gasteiger partial charge is 0.150 e. The standard InChI is InChI=1S/C14H11FO/c15-9-11-1-5-13(6-2-11)14-7-3-12(10-16)4-8-14/h1-8,10H,9H2. The Morgan fingerprint density at radius 3 is 1.81 bits per heavy atom. The minimum atomic E-state index is -0.440. The quantitative estimate of drug-likeness (QED) is 0.713. The van der Waals surface area contributed by atoms with Crippen molar-refractivity contribution in [2.75, 3.05) is 0 Å². The Hall–Kier alpha value is -1.96. The zero-order valence-corrected chi connectivity index (χ0v) is 8.69. The van der Waals surface area contributed by atoms with Gasteiger partial charge in [-0.2, -0.15) is 0 Å². The van der Waals surface area contributed by atoms with E-state index in [9.17, 15) is 9.18 Å². The normalized spacial score (nSPS) is 10.1. The average molecular weight is 214 g/mol. The van der Waals surface area contributed by atoms with Gasteiger partial charge in [0.15, 0.2) is 0 Å². The molecule has 2 heteroatoms. The van der Waals surface area contributed by atoms with Gasteiger partial charge in [0.25, 0.3) is 0 Å². The summed E-state index contributed by atoms with van der Waals surface area (Å²) in [5, 5.41) is 0. The first-order valence-electron chi connectivity index (χ1n) is 5.04. The maximum atomic E-state index is 12.3. The molecule has 0 saturated carbocycles. The van der Waals surface area contributed by atoms with E-state index in [2.05, 4.69) is 0 Å². The highest BCUT2D eigenvalue weighted by molar-refractivity contribution is 5.76. The molecular formula is C14H11FO. The fourth-order valence-electron chi connectivity index (χ4n) is 1.54. The first-order valence-corrected chi connectivity index (χ1v) is 5.04. The number of rotatable bonds is 3. The molecule has 0 aliphatic heterocycles. The van der Waals surface area contributed by atoms with Crippen molar-refractivity contribution in [3.8, 4) is 11.1 Å². The Balaban J connectivity index is 2.31. The zero-order valence-electron chi connectivity index (χ0n) is 8.69. The van der Waals surface area contributed by atoms with E-state index in [1.807, 2.05) is 24.3 Å². The van der Waals surface area contributed by atoms with Crippen molar-refractivity contribution < 1.29 is 9.18 Å². The van der Waals surface area contributed by atoms with Crippen molar-refractivity contribution in [2.24, 2.45) is 0 Å². The van der Waals surface area contributed by atoms with Gasteiger partial charge >= 0.3 is 0 Å². The molecule has 0 saturated heterocycles. The van der Waals surface area contributed by atoms with Gasteiger partial charge in [0, 0.05) is 5.56 Å². The average Bonchev–Trinajstić information content (AvgIpc) is 2.39. The van der Waals surface area contributed by atoms with Crippen molar-refractivity contribution >= 4 is 6.29 Å². The minimum absolute atomic E-state index is 0.440. The summed E-state index contributed by atoms with van der Waals surface area (Å²) in [6, 6.07) is 14.6. The molecule has 0 heterocycles. The fraction of sp³-hybridized carbons (Fsp3) is 0.0714. The first kappa shape index (κ1) is 10.6. The Labute approximate surface area is 93.5 Å². The lowest BCUT2D eigenvalue weighted by Crippen LogP contribution is -1.82. The van der Waals surface area contributed by atoms with Gasteiger partial charge in [-0.25, -0.2) is 4.39 Å². The highest BCUT2D eigenvalue weighted by Gasteiger charge is 1.98. The molecular weight excluding hydrogens is 203 g/mol. The second-order valence-electron chi connectivity index (χ2n) is 3.57. The molecule has 0 aliphatic carbocycles. The fourth-order valence-corrected chi connectivity index (χ4v) is 1.54. The van der Waals surface area contributed by atoms with Gasteiger partial charge in [-0.15, -0.1) is 0 Å². The van der Waals surface area contributed by atoms with E-state index in [0.717, 1.165) is 17.4 Å². The lowest BCUT2D eigenvalue weighted by atomic mass is 10.0. The molecule has 16 heavy (non-hydrogen) atoms. The van der Waals surface area contributed by atoms with E-state index in [1.54, 1.807) is 24.3 Å². The van der Waals surface area contributed by atoms with Gasteiger partial charge in [0.05, 0.1) is 0 Å². The minimum Gasteiger partial charge on any atom is -0.298 e. The summed E-state index contributed by atoms with van der Waals surface area (Å²) in [5.41, 5.74) is 3.38. The third-order valence-electron chi connectivity index (χ3n) is 2.49. The summed E-state index contributed by atoms with van der Waals surface area (Å²) in [6.07, 6.45) is 0.815. The highest BCUT2D eigenvalue weighted by atomic mass is 19.1. The second-order valence-corrected chi connectivity index (χ2v) is 3.57. The first-order chi connectivity index (χ1) is 7.83. The van der Waals surface area contributed by atoms with Gasteiger partial charge in [-0.1, -0.05) is 48.5 Å². The number of carbonyl (C=O) groups is 1. The summed E-state index contributed by atoms with van der Waals surface area (Å²) in [7, 11) is 0. The van der Waals surface area contributed by atoms with Crippen LogP contribution in [-0.4, -0.2) is 6.29 Å². The molecule has 2 aromatic carbocycles. The molecule has 1 nitrogen and oxygen atoms in total. The number of halogens is 1. The number of hydrogen-bond acceptors (Lipinski definition) is 1. The van der Waals surface area contributed by atoms with E-state index in [4.69, 9.17) is 0 Å². The lowest BCUT2D eigenvalue weighted by molar-refractivity contribution is 0.112. The Bertz CT molecular complexity index is 471. The van der Waals surface area contributed by atoms with Crippen molar-refractivity contribution in [2.45, 2.75) is 6.67 Å². The SMILES string of the molecule is O=Cc1ccc(-c2ccc(CF)cc2)cc1. The third kappa shape index (κ3) is 2.16. The lowest BCUT2D eigenvalue weighted by Gasteiger charge is -2.02. The number of carbonyl (C=O) groups excluding carboxylic acids is 1. The predicted octanol–water partition coefficient (Wildman–Crippen LogP) is 3.64. The molecule has 0 aromatic heterocycles. The van der Waals surface area contributed by atoms with Crippen LogP contribution in [0.4, 0.5) is 4.39 Å². The van der Waals surface area contributed by atoms with Crippen molar-refractivity contribution in [3.05, 3.63) is 59.7 Å². The molecule has 0 fully saturated rings. The molecule has 0 bridgehead atoms. The number of hydrogen-bond donors (Lipinski definition) is 0. The van der Waals surface area contributed by atoms with Gasteiger partial charge < -0.3 is 0 Å².